The number of carbonyl (C=O) groups is 1. The van der Waals surface area contributed by atoms with Crippen LogP contribution in [0.4, 0.5) is 0 Å². The number of hydrogen-bond acceptors (Lipinski definition) is 5. The molecule has 1 saturated carbocycles. The molecule has 2 N–H and O–H groups in total. The second-order valence-electron chi connectivity index (χ2n) is 7.78. The molecule has 1 aliphatic carbocycles. The molecule has 1 amide bonds. The predicted molar refractivity (Wildman–Crippen MR) is 88.9 cm³/mol. The summed E-state index contributed by atoms with van der Waals surface area (Å²) in [6, 6.07) is 1.64. The molecule has 0 radical (unpaired) electrons. The molecule has 2 atom stereocenters. The molecule has 4 rings (SSSR count). The highest BCUT2D eigenvalue weighted by atomic mass is 16.5. The smallest absolute Gasteiger partial charge is 0.242 e. The van der Waals surface area contributed by atoms with E-state index in [1.165, 1.54) is 0 Å². The predicted octanol–water partition coefficient (Wildman–Crippen LogP) is 1.44. The number of nitriles is 1. The number of rotatable bonds is 5. The molecule has 6 nitrogen and oxygen atoms in total. The van der Waals surface area contributed by atoms with E-state index in [4.69, 9.17) is 20.5 Å². The fourth-order valence-corrected chi connectivity index (χ4v) is 4.05. The van der Waals surface area contributed by atoms with Gasteiger partial charge in [0, 0.05) is 24.4 Å². The number of amides is 1. The first kappa shape index (κ1) is 17.7. The number of fused-ring (bicyclic) bond motifs is 3. The van der Waals surface area contributed by atoms with Crippen LogP contribution in [-0.4, -0.2) is 55.4 Å². The van der Waals surface area contributed by atoms with Crippen molar-refractivity contribution in [3.05, 3.63) is 0 Å². The van der Waals surface area contributed by atoms with E-state index in [2.05, 4.69) is 6.07 Å². The maximum atomic E-state index is 12.6. The Bertz CT molecular complexity index is 474. The van der Waals surface area contributed by atoms with Crippen molar-refractivity contribution in [2.24, 2.45) is 17.1 Å². The van der Waals surface area contributed by atoms with Gasteiger partial charge in [0.05, 0.1) is 31.5 Å². The quantitative estimate of drug-likeness (QED) is 0.821. The summed E-state index contributed by atoms with van der Waals surface area (Å²) in [7, 11) is 0. The Hall–Kier alpha value is -1.16. The molecule has 0 unspecified atom stereocenters. The van der Waals surface area contributed by atoms with Crippen LogP contribution in [0.5, 0.6) is 0 Å². The number of hydrogen-bond donors (Lipinski definition) is 1. The van der Waals surface area contributed by atoms with Crippen LogP contribution in [0, 0.1) is 22.7 Å². The summed E-state index contributed by atoms with van der Waals surface area (Å²) in [6.45, 7) is 4.53. The lowest BCUT2D eigenvalue weighted by Gasteiger charge is -2.46. The molecule has 24 heavy (non-hydrogen) atoms. The average Bonchev–Trinajstić information content (AvgIpc) is 2.66. The Morgan fingerprint density at radius 2 is 2.04 bits per heavy atom. The molecule has 2 bridgehead atoms. The molecule has 0 aromatic carbocycles. The summed E-state index contributed by atoms with van der Waals surface area (Å²) in [6.07, 6.45) is 6.17. The van der Waals surface area contributed by atoms with Gasteiger partial charge in [0.15, 0.2) is 0 Å². The third kappa shape index (κ3) is 3.74. The molecule has 0 aromatic rings. The first-order chi connectivity index (χ1) is 11.5. The Morgan fingerprint density at radius 1 is 1.38 bits per heavy atom. The molecule has 0 aromatic heterocycles. The number of piperidine rings is 1. The van der Waals surface area contributed by atoms with Crippen molar-refractivity contribution in [1.82, 2.24) is 4.90 Å². The van der Waals surface area contributed by atoms with Gasteiger partial charge in [-0.3, -0.25) is 4.79 Å². The van der Waals surface area contributed by atoms with Crippen LogP contribution < -0.4 is 5.73 Å². The zero-order valence-corrected chi connectivity index (χ0v) is 14.6. The molecule has 0 spiro atoms. The molecule has 134 valence electrons. The highest BCUT2D eigenvalue weighted by Gasteiger charge is 2.42. The molecule has 3 aliphatic heterocycles. The summed E-state index contributed by atoms with van der Waals surface area (Å²) in [5.41, 5.74) is 6.28. The zero-order chi connectivity index (χ0) is 17.2. The van der Waals surface area contributed by atoms with E-state index in [9.17, 15) is 4.79 Å². The van der Waals surface area contributed by atoms with Gasteiger partial charge in [-0.1, -0.05) is 0 Å². The second-order valence-corrected chi connectivity index (χ2v) is 7.78. The van der Waals surface area contributed by atoms with Gasteiger partial charge in [0.2, 0.25) is 5.91 Å². The maximum absolute atomic E-state index is 12.6. The number of ether oxygens (including phenoxy) is 2. The summed E-state index contributed by atoms with van der Waals surface area (Å²) in [4.78, 5) is 14.3. The van der Waals surface area contributed by atoms with Crippen LogP contribution in [0.3, 0.4) is 0 Å². The van der Waals surface area contributed by atoms with E-state index in [1.807, 2.05) is 6.92 Å². The summed E-state index contributed by atoms with van der Waals surface area (Å²) in [5.74, 6) is 0.0134. The van der Waals surface area contributed by atoms with E-state index < -0.39 is 6.04 Å². The molecule has 4 aliphatic rings. The molecule has 3 heterocycles. The minimum atomic E-state index is -0.638. The van der Waals surface area contributed by atoms with E-state index in [-0.39, 0.29) is 23.3 Å². The SMILES string of the molecule is C[C@@H](OCC12CCC(CC1)OC2)[C@H](N)C(=O)N1CCC(C#N)CC1. The van der Waals surface area contributed by atoms with Crippen LogP contribution in [0.2, 0.25) is 0 Å². The van der Waals surface area contributed by atoms with Crippen molar-refractivity contribution in [1.29, 1.82) is 5.26 Å². The Balaban J connectivity index is 1.47. The van der Waals surface area contributed by atoms with Crippen LogP contribution in [0.25, 0.3) is 0 Å². The molecule has 4 fully saturated rings. The van der Waals surface area contributed by atoms with Gasteiger partial charge in [-0.25, -0.2) is 0 Å². The third-order valence-corrected chi connectivity index (χ3v) is 6.05. The topological polar surface area (TPSA) is 88.6 Å². The summed E-state index contributed by atoms with van der Waals surface area (Å²) < 4.78 is 11.8. The van der Waals surface area contributed by atoms with Crippen molar-refractivity contribution >= 4 is 5.91 Å². The molecule has 3 saturated heterocycles. The average molecular weight is 335 g/mol. The van der Waals surface area contributed by atoms with E-state index >= 15 is 0 Å². The Kier molecular flexibility index (Phi) is 5.43. The standard InChI is InChI=1S/C18H29N3O3/c1-13(23-11-18-6-2-15(3-7-18)24-12-18)16(20)17(22)21-8-4-14(10-19)5-9-21/h13-16H,2-9,11-12,20H2,1H3/t13-,15?,16+,18?/m1/s1. The summed E-state index contributed by atoms with van der Waals surface area (Å²) in [5, 5.41) is 8.95. The van der Waals surface area contributed by atoms with E-state index in [1.54, 1.807) is 4.90 Å². The molecule has 6 heteroatoms. The van der Waals surface area contributed by atoms with Gasteiger partial charge in [-0.2, -0.15) is 5.26 Å². The lowest BCUT2D eigenvalue weighted by Crippen LogP contribution is -2.53. The van der Waals surface area contributed by atoms with Crippen LogP contribution >= 0.6 is 0 Å². The fourth-order valence-electron chi connectivity index (χ4n) is 4.05. The van der Waals surface area contributed by atoms with Crippen molar-refractivity contribution in [2.45, 2.75) is 63.7 Å². The van der Waals surface area contributed by atoms with Crippen molar-refractivity contribution < 1.29 is 14.3 Å². The van der Waals surface area contributed by atoms with Gasteiger partial charge >= 0.3 is 0 Å². The highest BCUT2D eigenvalue weighted by molar-refractivity contribution is 5.82. The van der Waals surface area contributed by atoms with E-state index in [0.717, 1.165) is 45.1 Å². The van der Waals surface area contributed by atoms with Gasteiger partial charge < -0.3 is 20.1 Å². The number of likely N-dealkylation sites (tertiary alicyclic amines) is 1. The van der Waals surface area contributed by atoms with E-state index in [0.29, 0.717) is 25.8 Å². The first-order valence-corrected chi connectivity index (χ1v) is 9.20. The lowest BCUT2D eigenvalue weighted by molar-refractivity contribution is -0.155. The minimum absolute atomic E-state index is 0.0556. The van der Waals surface area contributed by atoms with Crippen LogP contribution in [0.1, 0.15) is 45.4 Å². The number of nitrogens with two attached hydrogens (primary N) is 1. The lowest BCUT2D eigenvalue weighted by atomic mass is 9.72. The molecular formula is C18H29N3O3. The second kappa shape index (κ2) is 7.38. The van der Waals surface area contributed by atoms with Crippen LogP contribution in [0.15, 0.2) is 0 Å². The number of nitrogens with zero attached hydrogens (tertiary/aromatic N) is 2. The Labute approximate surface area is 144 Å². The van der Waals surface area contributed by atoms with Crippen LogP contribution in [-0.2, 0) is 14.3 Å². The van der Waals surface area contributed by atoms with Crippen molar-refractivity contribution in [3.63, 3.8) is 0 Å². The largest absolute Gasteiger partial charge is 0.378 e. The van der Waals surface area contributed by atoms with Gasteiger partial charge in [-0.05, 0) is 45.4 Å². The molecular weight excluding hydrogens is 306 g/mol. The zero-order valence-electron chi connectivity index (χ0n) is 14.6. The van der Waals surface area contributed by atoms with Gasteiger partial charge in [-0.15, -0.1) is 0 Å². The van der Waals surface area contributed by atoms with Crippen molar-refractivity contribution in [2.75, 3.05) is 26.3 Å². The Morgan fingerprint density at radius 3 is 2.58 bits per heavy atom. The van der Waals surface area contributed by atoms with Gasteiger partial charge in [0.1, 0.15) is 6.04 Å². The maximum Gasteiger partial charge on any atom is 0.242 e. The third-order valence-electron chi connectivity index (χ3n) is 6.05. The minimum Gasteiger partial charge on any atom is -0.378 e. The van der Waals surface area contributed by atoms with Crippen molar-refractivity contribution in [3.8, 4) is 6.07 Å². The fraction of sp³-hybridized carbons (Fsp3) is 0.889. The monoisotopic (exact) mass is 335 g/mol. The number of carbonyl (C=O) groups excluding carboxylic acids is 1. The summed E-state index contributed by atoms with van der Waals surface area (Å²) >= 11 is 0. The first-order valence-electron chi connectivity index (χ1n) is 9.20. The normalized spacial score (nSPS) is 33.0. The highest BCUT2D eigenvalue weighted by Crippen LogP contribution is 2.43. The van der Waals surface area contributed by atoms with Gasteiger partial charge in [0.25, 0.3) is 0 Å².